The van der Waals surface area contributed by atoms with Gasteiger partial charge in [0.2, 0.25) is 0 Å². The molecule has 9 rings (SSSR count). The minimum Gasteiger partial charge on any atom is -0.309 e. The minimum absolute atomic E-state index is 0.00498. The van der Waals surface area contributed by atoms with Gasteiger partial charge in [-0.15, -0.1) is 0 Å². The van der Waals surface area contributed by atoms with Crippen molar-refractivity contribution in [2.24, 2.45) is 0 Å². The highest BCUT2D eigenvalue weighted by Crippen LogP contribution is 2.52. The zero-order valence-electron chi connectivity index (χ0n) is 38.6. The van der Waals surface area contributed by atoms with Crippen LogP contribution in [-0.4, -0.2) is 0 Å². The van der Waals surface area contributed by atoms with Crippen LogP contribution in [0.15, 0.2) is 170 Å². The summed E-state index contributed by atoms with van der Waals surface area (Å²) < 4.78 is 0. The zero-order chi connectivity index (χ0) is 43.8. The number of rotatable bonds is 6. The zero-order valence-corrected chi connectivity index (χ0v) is 38.6. The quantitative estimate of drug-likeness (QED) is 0.162. The van der Waals surface area contributed by atoms with Gasteiger partial charge in [0.15, 0.2) is 0 Å². The van der Waals surface area contributed by atoms with Crippen molar-refractivity contribution in [3.8, 4) is 44.5 Å². The first-order valence-corrected chi connectivity index (χ1v) is 22.4. The summed E-state index contributed by atoms with van der Waals surface area (Å²) in [5, 5.41) is 2.50. The van der Waals surface area contributed by atoms with E-state index in [9.17, 15) is 0 Å². The molecule has 1 nitrogen and oxygen atoms in total. The lowest BCUT2D eigenvalue weighted by atomic mass is 9.78. The van der Waals surface area contributed by atoms with E-state index < -0.39 is 0 Å². The molecular formula is C61H61N. The van der Waals surface area contributed by atoms with E-state index in [-0.39, 0.29) is 21.7 Å². The molecule has 0 aliphatic heterocycles. The molecule has 0 spiro atoms. The van der Waals surface area contributed by atoms with Crippen LogP contribution in [0.25, 0.3) is 55.3 Å². The highest BCUT2D eigenvalue weighted by Gasteiger charge is 2.35. The van der Waals surface area contributed by atoms with Crippen molar-refractivity contribution in [3.63, 3.8) is 0 Å². The van der Waals surface area contributed by atoms with Crippen LogP contribution in [0.1, 0.15) is 104 Å². The fourth-order valence-electron chi connectivity index (χ4n) is 9.65. The summed E-state index contributed by atoms with van der Waals surface area (Å²) >= 11 is 0. The highest BCUT2D eigenvalue weighted by molar-refractivity contribution is 6.09. The summed E-state index contributed by atoms with van der Waals surface area (Å²) in [6.45, 7) is 25.6. The van der Waals surface area contributed by atoms with E-state index in [1.54, 1.807) is 0 Å². The van der Waals surface area contributed by atoms with Crippen molar-refractivity contribution >= 4 is 27.8 Å². The van der Waals surface area contributed by atoms with Crippen LogP contribution >= 0.6 is 0 Å². The van der Waals surface area contributed by atoms with Gasteiger partial charge in [0.05, 0.1) is 11.4 Å². The molecule has 1 aliphatic rings. The predicted molar refractivity (Wildman–Crippen MR) is 269 cm³/mol. The van der Waals surface area contributed by atoms with Crippen molar-refractivity contribution in [3.05, 3.63) is 198 Å². The van der Waals surface area contributed by atoms with Gasteiger partial charge in [0, 0.05) is 22.2 Å². The maximum absolute atomic E-state index is 2.50. The van der Waals surface area contributed by atoms with Gasteiger partial charge in [-0.25, -0.2) is 0 Å². The lowest BCUT2D eigenvalue weighted by Crippen LogP contribution is -2.16. The Labute approximate surface area is 371 Å². The van der Waals surface area contributed by atoms with Crippen LogP contribution in [0.5, 0.6) is 0 Å². The lowest BCUT2D eigenvalue weighted by molar-refractivity contribution is 0.569. The number of fused-ring (bicyclic) bond motifs is 4. The second kappa shape index (κ2) is 15.0. The molecule has 0 atom stereocenters. The monoisotopic (exact) mass is 807 g/mol. The van der Waals surface area contributed by atoms with Crippen LogP contribution in [-0.2, 0) is 21.7 Å². The molecule has 0 radical (unpaired) electrons. The van der Waals surface area contributed by atoms with E-state index in [2.05, 4.69) is 251 Å². The lowest BCUT2D eigenvalue weighted by Gasteiger charge is -2.31. The molecule has 0 saturated heterocycles. The summed E-state index contributed by atoms with van der Waals surface area (Å²) in [5.74, 6) is 0. The third-order valence-corrected chi connectivity index (χ3v) is 13.3. The number of anilines is 3. The summed E-state index contributed by atoms with van der Waals surface area (Å²) in [4.78, 5) is 2.50. The number of hydrogen-bond donors (Lipinski definition) is 0. The summed E-state index contributed by atoms with van der Waals surface area (Å²) in [7, 11) is 0. The van der Waals surface area contributed by atoms with E-state index in [1.807, 2.05) is 0 Å². The molecule has 0 aromatic heterocycles. The van der Waals surface area contributed by atoms with Crippen molar-refractivity contribution in [2.75, 3.05) is 4.90 Å². The number of para-hydroxylation sites is 2. The van der Waals surface area contributed by atoms with Crippen LogP contribution in [0.2, 0.25) is 0 Å². The van der Waals surface area contributed by atoms with Gasteiger partial charge in [-0.2, -0.15) is 0 Å². The van der Waals surface area contributed by atoms with E-state index in [0.29, 0.717) is 0 Å². The molecule has 1 heteroatoms. The van der Waals surface area contributed by atoms with Gasteiger partial charge in [-0.3, -0.25) is 0 Å². The molecule has 0 saturated carbocycles. The van der Waals surface area contributed by atoms with Crippen LogP contribution < -0.4 is 4.90 Å². The Morgan fingerprint density at radius 3 is 1.47 bits per heavy atom. The SMILES string of the molecule is CC(C)(C)c1ccc(N(c2ccccc2-c2ccc3c(c2)C(C)(C)c2ccccc2-3)c2ccccc2-c2cccc3cccc(-c4cc(C(C)(C)C)cc(C(C)(C)C)c4)c23)cc1. The molecule has 0 N–H and O–H groups in total. The molecule has 0 bridgehead atoms. The molecular weight excluding hydrogens is 747 g/mol. The van der Waals surface area contributed by atoms with Crippen LogP contribution in [0, 0.1) is 0 Å². The second-order valence-electron chi connectivity index (χ2n) is 21.1. The van der Waals surface area contributed by atoms with Crippen LogP contribution in [0.3, 0.4) is 0 Å². The van der Waals surface area contributed by atoms with E-state index >= 15 is 0 Å². The first kappa shape index (κ1) is 41.2. The topological polar surface area (TPSA) is 3.24 Å². The summed E-state index contributed by atoms with van der Waals surface area (Å²) in [6, 6.07) is 64.3. The maximum atomic E-state index is 2.50. The summed E-state index contributed by atoms with van der Waals surface area (Å²) in [5.41, 5.74) is 20.2. The second-order valence-corrected chi connectivity index (χ2v) is 21.1. The molecule has 1 aliphatic carbocycles. The average molecular weight is 808 g/mol. The Morgan fingerprint density at radius 1 is 0.355 bits per heavy atom. The minimum atomic E-state index is -0.0991. The smallest absolute Gasteiger partial charge is 0.0540 e. The molecule has 0 amide bonds. The standard InChI is InChI=1S/C61H61N/c1-58(2,3)43-31-33-46(34-32-43)62(55-28-16-13-22-47(55)41-30-35-50-49-23-12-15-27-53(49)61(10,11)54(50)38-41)56-29-17-14-24-51(56)52-26-19-21-40-20-18-25-48(57(40)52)42-36-44(59(4,5)6)39-45(37-42)60(7,8)9/h12-39H,1-11H3. The highest BCUT2D eigenvalue weighted by atomic mass is 15.1. The Morgan fingerprint density at radius 2 is 0.855 bits per heavy atom. The third kappa shape index (κ3) is 7.26. The largest absolute Gasteiger partial charge is 0.309 e. The Hall–Kier alpha value is -6.18. The number of nitrogens with zero attached hydrogens (tertiary/aromatic N) is 1. The van der Waals surface area contributed by atoms with Gasteiger partial charge in [-0.05, 0) is 119 Å². The van der Waals surface area contributed by atoms with Crippen LogP contribution in [0.4, 0.5) is 17.1 Å². The Bertz CT molecular complexity index is 2940. The predicted octanol–water partition coefficient (Wildman–Crippen LogP) is 17.5. The van der Waals surface area contributed by atoms with Crippen molar-refractivity contribution in [1.82, 2.24) is 0 Å². The Kier molecular flexibility index (Phi) is 9.98. The van der Waals surface area contributed by atoms with Gasteiger partial charge < -0.3 is 4.90 Å². The average Bonchev–Trinajstić information content (AvgIpc) is 3.48. The molecule has 62 heavy (non-hydrogen) atoms. The van der Waals surface area contributed by atoms with E-state index in [0.717, 1.165) is 17.1 Å². The third-order valence-electron chi connectivity index (χ3n) is 13.3. The van der Waals surface area contributed by atoms with Crippen molar-refractivity contribution in [2.45, 2.75) is 97.8 Å². The first-order valence-electron chi connectivity index (χ1n) is 22.4. The first-order chi connectivity index (χ1) is 29.4. The maximum Gasteiger partial charge on any atom is 0.0540 e. The fourth-order valence-corrected chi connectivity index (χ4v) is 9.65. The van der Waals surface area contributed by atoms with E-state index in [1.165, 1.54) is 83.1 Å². The van der Waals surface area contributed by atoms with Gasteiger partial charge in [-0.1, -0.05) is 216 Å². The molecule has 8 aromatic rings. The van der Waals surface area contributed by atoms with Crippen molar-refractivity contribution < 1.29 is 0 Å². The van der Waals surface area contributed by atoms with Gasteiger partial charge in [0.1, 0.15) is 0 Å². The normalized spacial score (nSPS) is 13.5. The molecule has 0 fully saturated rings. The van der Waals surface area contributed by atoms with Gasteiger partial charge >= 0.3 is 0 Å². The van der Waals surface area contributed by atoms with Crippen molar-refractivity contribution in [1.29, 1.82) is 0 Å². The van der Waals surface area contributed by atoms with Gasteiger partial charge in [0.25, 0.3) is 0 Å². The molecule has 0 heterocycles. The molecule has 0 unspecified atom stereocenters. The van der Waals surface area contributed by atoms with E-state index in [4.69, 9.17) is 0 Å². The molecule has 310 valence electrons. The number of hydrogen-bond acceptors (Lipinski definition) is 1. The molecule has 8 aromatic carbocycles. The number of benzene rings is 8. The summed E-state index contributed by atoms with van der Waals surface area (Å²) in [6.07, 6.45) is 0. The fraction of sp³-hybridized carbons (Fsp3) is 0.246. The Balaban J connectivity index is 1.28.